The monoisotopic (exact) mass is 392 g/mol. The van der Waals surface area contributed by atoms with Crippen molar-refractivity contribution in [2.45, 2.75) is 25.4 Å². The van der Waals surface area contributed by atoms with Crippen LogP contribution < -0.4 is 4.74 Å². The van der Waals surface area contributed by atoms with Crippen LogP contribution in [0.25, 0.3) is 0 Å². The lowest BCUT2D eigenvalue weighted by Crippen LogP contribution is -2.43. The van der Waals surface area contributed by atoms with Gasteiger partial charge >= 0.3 is 12.1 Å². The summed E-state index contributed by atoms with van der Waals surface area (Å²) in [7, 11) is 0. The van der Waals surface area contributed by atoms with Crippen molar-refractivity contribution in [2.75, 3.05) is 32.8 Å². The van der Waals surface area contributed by atoms with Crippen LogP contribution in [-0.2, 0) is 9.59 Å². The van der Waals surface area contributed by atoms with Crippen LogP contribution in [-0.4, -0.2) is 60.6 Å². The number of para-hydroxylation sites is 1. The van der Waals surface area contributed by atoms with Gasteiger partial charge in [0.15, 0.2) is 0 Å². The fourth-order valence-corrected chi connectivity index (χ4v) is 2.86. The lowest BCUT2D eigenvalue weighted by Gasteiger charge is -2.23. The third-order valence-corrected chi connectivity index (χ3v) is 4.32. The molecule has 1 fully saturated rings. The largest absolute Gasteiger partial charge is 0.492 e. The zero-order valence-corrected chi connectivity index (χ0v) is 14.9. The van der Waals surface area contributed by atoms with E-state index in [9.17, 15) is 22.8 Å². The number of carbonyl (C=O) groups excluding carboxylic acids is 2. The maximum absolute atomic E-state index is 12.5. The number of alkyl halides is 3. The van der Waals surface area contributed by atoms with Gasteiger partial charge in [-0.2, -0.15) is 13.2 Å². The Morgan fingerprint density at radius 1 is 1.08 bits per heavy atom. The molecule has 1 aromatic carbocycles. The highest BCUT2D eigenvalue weighted by Crippen LogP contribution is 2.23. The molecule has 5 nitrogen and oxygen atoms in total. The Bertz CT molecular complexity index is 640. The third-order valence-electron chi connectivity index (χ3n) is 4.01. The summed E-state index contributed by atoms with van der Waals surface area (Å²) in [5.41, 5.74) is 0. The van der Waals surface area contributed by atoms with Gasteiger partial charge in [0.2, 0.25) is 5.91 Å². The summed E-state index contributed by atoms with van der Waals surface area (Å²) < 4.78 is 43.0. The second kappa shape index (κ2) is 9.12. The van der Waals surface area contributed by atoms with Crippen LogP contribution in [0.3, 0.4) is 0 Å². The summed E-state index contributed by atoms with van der Waals surface area (Å²) >= 11 is 5.96. The maximum Gasteiger partial charge on any atom is 0.471 e. The van der Waals surface area contributed by atoms with Crippen molar-refractivity contribution in [3.63, 3.8) is 0 Å². The average Bonchev–Trinajstić information content (AvgIpc) is 2.84. The lowest BCUT2D eigenvalue weighted by atomic mass is 10.2. The van der Waals surface area contributed by atoms with Gasteiger partial charge in [-0.05, 0) is 25.0 Å². The van der Waals surface area contributed by atoms with Crippen molar-refractivity contribution in [3.8, 4) is 5.75 Å². The molecule has 2 amide bonds. The third kappa shape index (κ3) is 5.79. The van der Waals surface area contributed by atoms with Crippen LogP contribution >= 0.6 is 11.6 Å². The van der Waals surface area contributed by atoms with Crippen molar-refractivity contribution in [1.29, 1.82) is 0 Å². The normalized spacial score (nSPS) is 15.5. The average molecular weight is 393 g/mol. The minimum Gasteiger partial charge on any atom is -0.492 e. The van der Waals surface area contributed by atoms with Crippen LogP contribution in [0.15, 0.2) is 24.3 Å². The number of halogens is 4. The number of hydrogen-bond acceptors (Lipinski definition) is 3. The topological polar surface area (TPSA) is 49.9 Å². The van der Waals surface area contributed by atoms with Crippen molar-refractivity contribution in [1.82, 2.24) is 9.80 Å². The second-order valence-electron chi connectivity index (χ2n) is 5.91. The molecular weight excluding hydrogens is 373 g/mol. The van der Waals surface area contributed by atoms with Crippen LogP contribution in [0.1, 0.15) is 19.3 Å². The Labute approximate surface area is 154 Å². The van der Waals surface area contributed by atoms with E-state index in [1.807, 2.05) is 0 Å². The molecule has 0 aromatic heterocycles. The highest BCUT2D eigenvalue weighted by atomic mass is 35.5. The Kier molecular flexibility index (Phi) is 7.14. The van der Waals surface area contributed by atoms with Crippen molar-refractivity contribution < 1.29 is 27.5 Å². The molecule has 1 heterocycles. The zero-order valence-electron chi connectivity index (χ0n) is 14.1. The van der Waals surface area contributed by atoms with Gasteiger partial charge in [-0.25, -0.2) is 0 Å². The molecule has 2 rings (SSSR count). The van der Waals surface area contributed by atoms with Crippen molar-refractivity contribution >= 4 is 23.4 Å². The fraction of sp³-hybridized carbons (Fsp3) is 0.529. The van der Waals surface area contributed by atoms with Gasteiger partial charge in [0, 0.05) is 32.6 Å². The van der Waals surface area contributed by atoms with E-state index >= 15 is 0 Å². The molecule has 0 radical (unpaired) electrons. The molecule has 1 aromatic rings. The Morgan fingerprint density at radius 3 is 2.42 bits per heavy atom. The van der Waals surface area contributed by atoms with Gasteiger partial charge < -0.3 is 14.5 Å². The van der Waals surface area contributed by atoms with Gasteiger partial charge in [-0.15, -0.1) is 0 Å². The smallest absolute Gasteiger partial charge is 0.471 e. The fourth-order valence-electron chi connectivity index (χ4n) is 2.67. The molecule has 1 aliphatic rings. The lowest BCUT2D eigenvalue weighted by molar-refractivity contribution is -0.185. The quantitative estimate of drug-likeness (QED) is 0.723. The zero-order chi connectivity index (χ0) is 19.2. The number of rotatable bonds is 5. The molecule has 1 saturated heterocycles. The first-order chi connectivity index (χ1) is 12.3. The molecule has 0 spiro atoms. The summed E-state index contributed by atoms with van der Waals surface area (Å²) in [6, 6.07) is 7.00. The molecule has 9 heteroatoms. The number of ether oxygens (including phenoxy) is 1. The molecule has 0 saturated carbocycles. The highest BCUT2D eigenvalue weighted by Gasteiger charge is 2.42. The van der Waals surface area contributed by atoms with E-state index in [2.05, 4.69) is 0 Å². The number of hydrogen-bond donors (Lipinski definition) is 0. The Hall–Kier alpha value is -1.96. The molecule has 0 atom stereocenters. The number of nitrogens with zero attached hydrogens (tertiary/aromatic N) is 2. The summed E-state index contributed by atoms with van der Waals surface area (Å²) in [5, 5.41) is 0.487. The first-order valence-corrected chi connectivity index (χ1v) is 8.68. The standard InChI is InChI=1S/C17H20ClF3N2O3/c18-13-5-1-2-6-14(13)26-12-3-7-15(24)22-8-4-9-23(11-10-22)16(25)17(19,20)21/h1-2,5-6H,3-4,7-12H2. The van der Waals surface area contributed by atoms with E-state index in [4.69, 9.17) is 16.3 Å². The van der Waals surface area contributed by atoms with Gasteiger partial charge in [0.25, 0.3) is 0 Å². The summed E-state index contributed by atoms with van der Waals surface area (Å²) in [6.07, 6.45) is -3.87. The van der Waals surface area contributed by atoms with E-state index < -0.39 is 12.1 Å². The van der Waals surface area contributed by atoms with Crippen molar-refractivity contribution in [3.05, 3.63) is 29.3 Å². The molecule has 0 N–H and O–H groups in total. The summed E-state index contributed by atoms with van der Waals surface area (Å²) in [4.78, 5) is 25.8. The van der Waals surface area contributed by atoms with Crippen LogP contribution in [0.4, 0.5) is 13.2 Å². The van der Waals surface area contributed by atoms with Gasteiger partial charge in [0.1, 0.15) is 5.75 Å². The SMILES string of the molecule is O=C(CCCOc1ccccc1Cl)N1CCCN(C(=O)C(F)(F)F)CC1. The molecule has 0 aliphatic carbocycles. The second-order valence-corrected chi connectivity index (χ2v) is 6.31. The summed E-state index contributed by atoms with van der Waals surface area (Å²) in [6.45, 7) is 0.637. The number of benzene rings is 1. The highest BCUT2D eigenvalue weighted by molar-refractivity contribution is 6.32. The van der Waals surface area contributed by atoms with Gasteiger partial charge in [-0.1, -0.05) is 23.7 Å². The molecule has 26 heavy (non-hydrogen) atoms. The van der Waals surface area contributed by atoms with Crippen LogP contribution in [0, 0.1) is 0 Å². The maximum atomic E-state index is 12.5. The predicted octanol–water partition coefficient (Wildman–Crippen LogP) is 3.12. The molecule has 0 unspecified atom stereocenters. The number of carbonyl (C=O) groups is 2. The predicted molar refractivity (Wildman–Crippen MR) is 90.0 cm³/mol. The Morgan fingerprint density at radius 2 is 1.73 bits per heavy atom. The molecular formula is C17H20ClF3N2O3. The minimum atomic E-state index is -4.88. The number of amides is 2. The molecule has 144 valence electrons. The van der Waals surface area contributed by atoms with Crippen LogP contribution in [0.2, 0.25) is 5.02 Å². The van der Waals surface area contributed by atoms with Crippen LogP contribution in [0.5, 0.6) is 5.75 Å². The van der Waals surface area contributed by atoms with E-state index in [1.54, 1.807) is 24.3 Å². The van der Waals surface area contributed by atoms with E-state index in [1.165, 1.54) is 4.90 Å². The van der Waals surface area contributed by atoms with E-state index in [0.717, 1.165) is 4.90 Å². The minimum absolute atomic E-state index is 0.00224. The van der Waals surface area contributed by atoms with Gasteiger partial charge in [-0.3, -0.25) is 9.59 Å². The van der Waals surface area contributed by atoms with E-state index in [0.29, 0.717) is 36.8 Å². The molecule has 0 bridgehead atoms. The Balaban J connectivity index is 1.74. The first-order valence-electron chi connectivity index (χ1n) is 8.30. The van der Waals surface area contributed by atoms with Gasteiger partial charge in [0.05, 0.1) is 11.6 Å². The molecule has 1 aliphatic heterocycles. The summed E-state index contributed by atoms with van der Waals surface area (Å²) in [5.74, 6) is -1.47. The first kappa shape index (κ1) is 20.4. The van der Waals surface area contributed by atoms with E-state index in [-0.39, 0.29) is 32.0 Å². The van der Waals surface area contributed by atoms with Crippen molar-refractivity contribution in [2.24, 2.45) is 0 Å².